The normalized spacial score (nSPS) is 14.0. The number of nitrogens with zero attached hydrogens (tertiary/aromatic N) is 3. The van der Waals surface area contributed by atoms with E-state index in [9.17, 15) is 4.79 Å². The lowest BCUT2D eigenvalue weighted by Gasteiger charge is -2.08. The van der Waals surface area contributed by atoms with Gasteiger partial charge in [-0.25, -0.2) is 9.67 Å². The molecule has 0 saturated heterocycles. The maximum Gasteiger partial charge on any atom is 0.234 e. The summed E-state index contributed by atoms with van der Waals surface area (Å²) in [7, 11) is 0. The molecule has 1 fully saturated rings. The van der Waals surface area contributed by atoms with Gasteiger partial charge in [-0.3, -0.25) is 4.79 Å². The second-order valence-electron chi connectivity index (χ2n) is 6.21. The first-order valence-electron chi connectivity index (χ1n) is 8.08. The highest BCUT2D eigenvalue weighted by Crippen LogP contribution is 2.27. The molecule has 3 rings (SSSR count). The van der Waals surface area contributed by atoms with Gasteiger partial charge in [0.2, 0.25) is 5.91 Å². The van der Waals surface area contributed by atoms with Crippen molar-refractivity contribution in [2.24, 2.45) is 5.92 Å². The zero-order chi connectivity index (χ0) is 16.2. The third kappa shape index (κ3) is 4.39. The van der Waals surface area contributed by atoms with Gasteiger partial charge >= 0.3 is 0 Å². The molecule has 2 N–H and O–H groups in total. The molecule has 1 aliphatic carbocycles. The van der Waals surface area contributed by atoms with Gasteiger partial charge in [0.05, 0.1) is 12.2 Å². The number of pyridine rings is 1. The van der Waals surface area contributed by atoms with Crippen LogP contribution in [0.15, 0.2) is 24.4 Å². The molecule has 2 heterocycles. The number of amides is 1. The van der Waals surface area contributed by atoms with Crippen molar-refractivity contribution >= 4 is 5.91 Å². The monoisotopic (exact) mass is 313 g/mol. The molecule has 0 radical (unpaired) electrons. The number of carbonyl (C=O) groups is 1. The summed E-state index contributed by atoms with van der Waals surface area (Å²) in [6.07, 6.45) is 4.37. The highest BCUT2D eigenvalue weighted by Gasteiger charge is 2.20. The zero-order valence-corrected chi connectivity index (χ0v) is 13.7. The van der Waals surface area contributed by atoms with Gasteiger partial charge in [0.15, 0.2) is 5.82 Å². The van der Waals surface area contributed by atoms with Crippen LogP contribution in [-0.2, 0) is 11.3 Å². The summed E-state index contributed by atoms with van der Waals surface area (Å²) in [5, 5.41) is 10.5. The SMILES string of the molecule is Cc1cc(C)n(-c2ccc(CNC(=O)CNCC3CC3)cn2)n1. The summed E-state index contributed by atoms with van der Waals surface area (Å²) in [4.78, 5) is 16.2. The van der Waals surface area contributed by atoms with Crippen LogP contribution in [0.25, 0.3) is 5.82 Å². The molecule has 6 heteroatoms. The Morgan fingerprint density at radius 3 is 2.78 bits per heavy atom. The first-order valence-corrected chi connectivity index (χ1v) is 8.08. The lowest BCUT2D eigenvalue weighted by Crippen LogP contribution is -2.34. The number of nitrogens with one attached hydrogen (secondary N) is 2. The second-order valence-corrected chi connectivity index (χ2v) is 6.21. The van der Waals surface area contributed by atoms with E-state index in [1.54, 1.807) is 6.20 Å². The van der Waals surface area contributed by atoms with Crippen LogP contribution in [0.4, 0.5) is 0 Å². The Morgan fingerprint density at radius 1 is 1.35 bits per heavy atom. The molecule has 0 unspecified atom stereocenters. The summed E-state index contributed by atoms with van der Waals surface area (Å²) in [5.41, 5.74) is 3.00. The number of aromatic nitrogens is 3. The van der Waals surface area contributed by atoms with E-state index < -0.39 is 0 Å². The second kappa shape index (κ2) is 6.91. The number of aryl methyl sites for hydroxylation is 2. The number of rotatable bonds is 7. The minimum Gasteiger partial charge on any atom is -0.351 e. The molecule has 0 aromatic carbocycles. The predicted octanol–water partition coefficient (Wildman–Crippen LogP) is 1.50. The Morgan fingerprint density at radius 2 is 2.17 bits per heavy atom. The first-order chi connectivity index (χ1) is 11.1. The summed E-state index contributed by atoms with van der Waals surface area (Å²) in [6.45, 7) is 5.80. The molecule has 0 spiro atoms. The topological polar surface area (TPSA) is 71.8 Å². The average Bonchev–Trinajstić information content (AvgIpc) is 3.29. The van der Waals surface area contributed by atoms with Crippen LogP contribution < -0.4 is 10.6 Å². The van der Waals surface area contributed by atoms with E-state index in [-0.39, 0.29) is 5.91 Å². The van der Waals surface area contributed by atoms with E-state index >= 15 is 0 Å². The van der Waals surface area contributed by atoms with Crippen LogP contribution in [-0.4, -0.2) is 33.8 Å². The van der Waals surface area contributed by atoms with Crippen molar-refractivity contribution in [3.05, 3.63) is 41.3 Å². The van der Waals surface area contributed by atoms with Crippen molar-refractivity contribution in [2.75, 3.05) is 13.1 Å². The lowest BCUT2D eigenvalue weighted by atomic mass is 10.3. The van der Waals surface area contributed by atoms with E-state index in [1.807, 2.05) is 36.7 Å². The molecule has 2 aromatic heterocycles. The lowest BCUT2D eigenvalue weighted by molar-refractivity contribution is -0.120. The third-order valence-electron chi connectivity index (χ3n) is 3.94. The smallest absolute Gasteiger partial charge is 0.234 e. The van der Waals surface area contributed by atoms with E-state index in [0.717, 1.165) is 35.2 Å². The van der Waals surface area contributed by atoms with E-state index in [2.05, 4.69) is 20.7 Å². The van der Waals surface area contributed by atoms with Gasteiger partial charge in [-0.1, -0.05) is 6.07 Å². The van der Waals surface area contributed by atoms with Crippen LogP contribution in [0, 0.1) is 19.8 Å². The van der Waals surface area contributed by atoms with Crippen LogP contribution in [0.2, 0.25) is 0 Å². The molecule has 1 amide bonds. The Balaban J connectivity index is 1.49. The fourth-order valence-electron chi connectivity index (χ4n) is 2.48. The summed E-state index contributed by atoms with van der Waals surface area (Å²) in [5.74, 6) is 1.60. The zero-order valence-electron chi connectivity index (χ0n) is 13.7. The molecule has 0 aliphatic heterocycles. The van der Waals surface area contributed by atoms with Gasteiger partial charge < -0.3 is 10.6 Å². The van der Waals surface area contributed by atoms with Gasteiger partial charge in [0, 0.05) is 18.4 Å². The molecule has 1 saturated carbocycles. The molecule has 6 nitrogen and oxygen atoms in total. The molecule has 2 aromatic rings. The van der Waals surface area contributed by atoms with Crippen LogP contribution in [0.1, 0.15) is 29.8 Å². The molecule has 1 aliphatic rings. The predicted molar refractivity (Wildman–Crippen MR) is 88.3 cm³/mol. The van der Waals surface area contributed by atoms with Crippen molar-refractivity contribution < 1.29 is 4.79 Å². The highest BCUT2D eigenvalue weighted by atomic mass is 16.1. The van der Waals surface area contributed by atoms with E-state index in [4.69, 9.17) is 0 Å². The molecule has 0 atom stereocenters. The standard InChI is InChI=1S/C17H23N5O/c1-12-7-13(2)22(21-12)16-6-5-15(9-19-16)10-20-17(23)11-18-8-14-3-4-14/h5-7,9,14,18H,3-4,8,10-11H2,1-2H3,(H,20,23). The minimum absolute atomic E-state index is 0.0215. The molecular weight excluding hydrogens is 290 g/mol. The van der Waals surface area contributed by atoms with E-state index in [0.29, 0.717) is 13.1 Å². The molecule has 23 heavy (non-hydrogen) atoms. The van der Waals surface area contributed by atoms with Gasteiger partial charge in [-0.15, -0.1) is 0 Å². The summed E-state index contributed by atoms with van der Waals surface area (Å²) >= 11 is 0. The molecule has 122 valence electrons. The van der Waals surface area contributed by atoms with Crippen molar-refractivity contribution in [3.63, 3.8) is 0 Å². The molecular formula is C17H23N5O. The fraction of sp³-hybridized carbons (Fsp3) is 0.471. The molecule has 0 bridgehead atoms. The maximum atomic E-state index is 11.7. The van der Waals surface area contributed by atoms with Gasteiger partial charge in [-0.2, -0.15) is 5.10 Å². The number of hydrogen-bond donors (Lipinski definition) is 2. The highest BCUT2D eigenvalue weighted by molar-refractivity contribution is 5.77. The Hall–Kier alpha value is -2.21. The van der Waals surface area contributed by atoms with Gasteiger partial charge in [-0.05, 0) is 56.8 Å². The Bertz CT molecular complexity index is 673. The Kier molecular flexibility index (Phi) is 4.71. The summed E-state index contributed by atoms with van der Waals surface area (Å²) in [6, 6.07) is 5.91. The van der Waals surface area contributed by atoms with Gasteiger partial charge in [0.1, 0.15) is 0 Å². The van der Waals surface area contributed by atoms with Crippen molar-refractivity contribution in [1.82, 2.24) is 25.4 Å². The van der Waals surface area contributed by atoms with Gasteiger partial charge in [0.25, 0.3) is 0 Å². The third-order valence-corrected chi connectivity index (χ3v) is 3.94. The first kappa shape index (κ1) is 15.7. The van der Waals surface area contributed by atoms with Crippen LogP contribution >= 0.6 is 0 Å². The summed E-state index contributed by atoms with van der Waals surface area (Å²) < 4.78 is 1.82. The Labute approximate surface area is 136 Å². The quantitative estimate of drug-likeness (QED) is 0.812. The number of hydrogen-bond acceptors (Lipinski definition) is 4. The van der Waals surface area contributed by atoms with Crippen LogP contribution in [0.5, 0.6) is 0 Å². The maximum absolute atomic E-state index is 11.7. The van der Waals surface area contributed by atoms with E-state index in [1.165, 1.54) is 12.8 Å². The number of carbonyl (C=O) groups excluding carboxylic acids is 1. The average molecular weight is 313 g/mol. The largest absolute Gasteiger partial charge is 0.351 e. The van der Waals surface area contributed by atoms with Crippen LogP contribution in [0.3, 0.4) is 0 Å². The van der Waals surface area contributed by atoms with Crippen molar-refractivity contribution in [1.29, 1.82) is 0 Å². The van der Waals surface area contributed by atoms with Crippen molar-refractivity contribution in [2.45, 2.75) is 33.2 Å². The van der Waals surface area contributed by atoms with Crippen molar-refractivity contribution in [3.8, 4) is 5.82 Å². The fourth-order valence-corrected chi connectivity index (χ4v) is 2.48. The minimum atomic E-state index is 0.0215.